The van der Waals surface area contributed by atoms with Crippen LogP contribution in [-0.2, 0) is 6.42 Å². The van der Waals surface area contributed by atoms with E-state index in [0.717, 1.165) is 4.47 Å². The molecule has 0 spiro atoms. The standard InChI is InChI=1S/C17H19BrOS/c1-12-6-7-13(2)14(8-12)9-16(19)11-20-17-5-3-4-15(18)10-17/h3-8,10,16,19H,9,11H2,1-2H3. The van der Waals surface area contributed by atoms with Crippen LogP contribution in [0.3, 0.4) is 0 Å². The van der Waals surface area contributed by atoms with Crippen LogP contribution >= 0.6 is 27.7 Å². The van der Waals surface area contributed by atoms with Crippen molar-refractivity contribution in [3.05, 3.63) is 63.6 Å². The summed E-state index contributed by atoms with van der Waals surface area (Å²) in [5, 5.41) is 10.2. The van der Waals surface area contributed by atoms with Gasteiger partial charge in [0.25, 0.3) is 0 Å². The van der Waals surface area contributed by atoms with E-state index in [-0.39, 0.29) is 6.10 Å². The van der Waals surface area contributed by atoms with Gasteiger partial charge in [0.2, 0.25) is 0 Å². The number of aliphatic hydroxyl groups is 1. The summed E-state index contributed by atoms with van der Waals surface area (Å²) in [6.45, 7) is 4.19. The molecule has 0 fully saturated rings. The van der Waals surface area contributed by atoms with Gasteiger partial charge in [0.15, 0.2) is 0 Å². The van der Waals surface area contributed by atoms with Crippen LogP contribution in [0.5, 0.6) is 0 Å². The Morgan fingerprint density at radius 2 is 1.95 bits per heavy atom. The Morgan fingerprint density at radius 3 is 2.70 bits per heavy atom. The van der Waals surface area contributed by atoms with Crippen molar-refractivity contribution < 1.29 is 5.11 Å². The first-order valence-electron chi connectivity index (χ1n) is 6.67. The van der Waals surface area contributed by atoms with Crippen LogP contribution in [0.4, 0.5) is 0 Å². The van der Waals surface area contributed by atoms with Gasteiger partial charge in [0.05, 0.1) is 6.10 Å². The Morgan fingerprint density at radius 1 is 1.15 bits per heavy atom. The van der Waals surface area contributed by atoms with E-state index in [1.165, 1.54) is 21.6 Å². The van der Waals surface area contributed by atoms with Crippen molar-refractivity contribution in [3.63, 3.8) is 0 Å². The minimum Gasteiger partial charge on any atom is -0.392 e. The summed E-state index contributed by atoms with van der Waals surface area (Å²) in [6.07, 6.45) is 0.397. The molecule has 1 N–H and O–H groups in total. The maximum atomic E-state index is 10.2. The predicted molar refractivity (Wildman–Crippen MR) is 90.5 cm³/mol. The molecule has 0 amide bonds. The predicted octanol–water partition coefficient (Wildman–Crippen LogP) is 4.76. The lowest BCUT2D eigenvalue weighted by atomic mass is 10.0. The summed E-state index contributed by atoms with van der Waals surface area (Å²) in [4.78, 5) is 1.18. The average molecular weight is 351 g/mol. The lowest BCUT2D eigenvalue weighted by Gasteiger charge is -2.13. The number of rotatable bonds is 5. The molecule has 0 aliphatic rings. The highest BCUT2D eigenvalue weighted by Gasteiger charge is 2.09. The lowest BCUT2D eigenvalue weighted by Crippen LogP contribution is -2.14. The lowest BCUT2D eigenvalue weighted by molar-refractivity contribution is 0.200. The molecule has 2 rings (SSSR count). The van der Waals surface area contributed by atoms with Crippen LogP contribution in [0.25, 0.3) is 0 Å². The van der Waals surface area contributed by atoms with Crippen molar-refractivity contribution in [2.24, 2.45) is 0 Å². The number of hydrogen-bond donors (Lipinski definition) is 1. The van der Waals surface area contributed by atoms with E-state index in [2.05, 4.69) is 60.1 Å². The maximum absolute atomic E-state index is 10.2. The maximum Gasteiger partial charge on any atom is 0.0674 e. The van der Waals surface area contributed by atoms with Gasteiger partial charge in [-0.15, -0.1) is 11.8 Å². The van der Waals surface area contributed by atoms with E-state index in [0.29, 0.717) is 12.2 Å². The Labute approximate surface area is 133 Å². The van der Waals surface area contributed by atoms with Crippen molar-refractivity contribution in [3.8, 4) is 0 Å². The number of thioether (sulfide) groups is 1. The number of halogens is 1. The molecular weight excluding hydrogens is 332 g/mol. The summed E-state index contributed by atoms with van der Waals surface area (Å²) >= 11 is 5.16. The normalized spacial score (nSPS) is 12.4. The second-order valence-corrected chi connectivity index (χ2v) is 7.07. The summed E-state index contributed by atoms with van der Waals surface area (Å²) < 4.78 is 1.08. The highest BCUT2D eigenvalue weighted by atomic mass is 79.9. The van der Waals surface area contributed by atoms with Gasteiger partial charge < -0.3 is 5.11 Å². The monoisotopic (exact) mass is 350 g/mol. The van der Waals surface area contributed by atoms with Crippen LogP contribution in [0.15, 0.2) is 51.8 Å². The molecular formula is C17H19BrOS. The third kappa shape index (κ3) is 4.65. The third-order valence-electron chi connectivity index (χ3n) is 3.20. The van der Waals surface area contributed by atoms with E-state index in [4.69, 9.17) is 0 Å². The molecule has 20 heavy (non-hydrogen) atoms. The van der Waals surface area contributed by atoms with Crippen LogP contribution in [0.1, 0.15) is 16.7 Å². The second-order valence-electron chi connectivity index (χ2n) is 5.06. The molecule has 0 heterocycles. The van der Waals surface area contributed by atoms with Crippen molar-refractivity contribution in [1.82, 2.24) is 0 Å². The molecule has 1 unspecified atom stereocenters. The quantitative estimate of drug-likeness (QED) is 0.784. The van der Waals surface area contributed by atoms with Gasteiger partial charge in [-0.3, -0.25) is 0 Å². The minimum atomic E-state index is -0.320. The Kier molecular flexibility index (Phi) is 5.70. The third-order valence-corrected chi connectivity index (χ3v) is 4.83. The fraction of sp³-hybridized carbons (Fsp3) is 0.294. The van der Waals surface area contributed by atoms with E-state index in [1.54, 1.807) is 11.8 Å². The highest BCUT2D eigenvalue weighted by Crippen LogP contribution is 2.23. The van der Waals surface area contributed by atoms with E-state index in [9.17, 15) is 5.11 Å². The Hall–Kier alpha value is -0.770. The number of benzene rings is 2. The van der Waals surface area contributed by atoms with Crippen molar-refractivity contribution in [2.45, 2.75) is 31.3 Å². The molecule has 0 saturated heterocycles. The van der Waals surface area contributed by atoms with Gasteiger partial charge in [0.1, 0.15) is 0 Å². The van der Waals surface area contributed by atoms with Crippen LogP contribution in [0, 0.1) is 13.8 Å². The first-order valence-corrected chi connectivity index (χ1v) is 8.45. The molecule has 106 valence electrons. The van der Waals surface area contributed by atoms with Gasteiger partial charge in [-0.05, 0) is 49.6 Å². The summed E-state index contributed by atoms with van der Waals surface area (Å²) in [7, 11) is 0. The van der Waals surface area contributed by atoms with E-state index in [1.807, 2.05) is 12.1 Å². The molecule has 0 radical (unpaired) electrons. The number of aliphatic hydroxyl groups excluding tert-OH is 1. The molecule has 0 saturated carbocycles. The summed E-state index contributed by atoms with van der Waals surface area (Å²) in [6, 6.07) is 14.6. The first-order chi connectivity index (χ1) is 9.54. The Bertz CT molecular complexity index is 583. The highest BCUT2D eigenvalue weighted by molar-refractivity contribution is 9.10. The minimum absolute atomic E-state index is 0.320. The Balaban J connectivity index is 1.92. The van der Waals surface area contributed by atoms with Crippen LogP contribution in [-0.4, -0.2) is 17.0 Å². The smallest absolute Gasteiger partial charge is 0.0674 e. The second kappa shape index (κ2) is 7.30. The van der Waals surface area contributed by atoms with Gasteiger partial charge in [-0.1, -0.05) is 45.8 Å². The molecule has 2 aromatic carbocycles. The fourth-order valence-electron chi connectivity index (χ4n) is 2.08. The van der Waals surface area contributed by atoms with Gasteiger partial charge in [0, 0.05) is 15.1 Å². The molecule has 0 aromatic heterocycles. The average Bonchev–Trinajstić information content (AvgIpc) is 2.41. The molecule has 3 heteroatoms. The van der Waals surface area contributed by atoms with Crippen molar-refractivity contribution >= 4 is 27.7 Å². The summed E-state index contributed by atoms with van der Waals surface area (Å²) in [5.41, 5.74) is 3.74. The molecule has 0 aliphatic carbocycles. The van der Waals surface area contributed by atoms with Crippen molar-refractivity contribution in [2.75, 3.05) is 5.75 Å². The molecule has 1 nitrogen and oxygen atoms in total. The van der Waals surface area contributed by atoms with Gasteiger partial charge in [-0.25, -0.2) is 0 Å². The first kappa shape index (κ1) is 15.6. The SMILES string of the molecule is Cc1ccc(C)c(CC(O)CSc2cccc(Br)c2)c1. The van der Waals surface area contributed by atoms with Crippen LogP contribution in [0.2, 0.25) is 0 Å². The van der Waals surface area contributed by atoms with Crippen molar-refractivity contribution in [1.29, 1.82) is 0 Å². The van der Waals surface area contributed by atoms with Gasteiger partial charge in [-0.2, -0.15) is 0 Å². The largest absolute Gasteiger partial charge is 0.392 e. The topological polar surface area (TPSA) is 20.2 Å². The number of aryl methyl sites for hydroxylation is 2. The van der Waals surface area contributed by atoms with E-state index >= 15 is 0 Å². The van der Waals surface area contributed by atoms with E-state index < -0.39 is 0 Å². The number of hydrogen-bond acceptors (Lipinski definition) is 2. The fourth-order valence-corrected chi connectivity index (χ4v) is 3.52. The zero-order valence-electron chi connectivity index (χ0n) is 11.8. The molecule has 1 atom stereocenters. The van der Waals surface area contributed by atoms with Crippen LogP contribution < -0.4 is 0 Å². The van der Waals surface area contributed by atoms with Gasteiger partial charge >= 0.3 is 0 Å². The molecule has 2 aromatic rings. The molecule has 0 aliphatic heterocycles. The zero-order chi connectivity index (χ0) is 14.5. The summed E-state index contributed by atoms with van der Waals surface area (Å²) in [5.74, 6) is 0.712. The zero-order valence-corrected chi connectivity index (χ0v) is 14.2. The molecule has 0 bridgehead atoms.